The van der Waals surface area contributed by atoms with Crippen LogP contribution in [0.15, 0.2) is 29.3 Å². The summed E-state index contributed by atoms with van der Waals surface area (Å²) in [6, 6.07) is 4.79. The molecule has 0 aliphatic carbocycles. The van der Waals surface area contributed by atoms with Gasteiger partial charge in [-0.25, -0.2) is 4.79 Å². The number of hydrogen-bond acceptors (Lipinski definition) is 4. The maximum absolute atomic E-state index is 11.7. The molecule has 0 fully saturated rings. The zero-order chi connectivity index (χ0) is 16.4. The molecular formula is C15H14ClNO4S. The predicted molar refractivity (Wildman–Crippen MR) is 85.3 cm³/mol. The van der Waals surface area contributed by atoms with Gasteiger partial charge in [-0.1, -0.05) is 11.6 Å². The molecule has 1 aromatic carbocycles. The lowest BCUT2D eigenvalue weighted by molar-refractivity contribution is 0.0697. The lowest BCUT2D eigenvalue weighted by Gasteiger charge is -2.14. The van der Waals surface area contributed by atoms with Gasteiger partial charge in [0.2, 0.25) is 0 Å². The van der Waals surface area contributed by atoms with E-state index in [9.17, 15) is 14.5 Å². The van der Waals surface area contributed by atoms with E-state index in [-0.39, 0.29) is 5.56 Å². The molecule has 1 N–H and O–H groups in total. The number of carboxylic acids is 1. The van der Waals surface area contributed by atoms with Crippen molar-refractivity contribution in [2.45, 2.75) is 11.8 Å². The first-order valence-corrected chi connectivity index (χ1v) is 8.20. The second-order valence-corrected chi connectivity index (χ2v) is 6.37. The molecule has 1 heterocycles. The van der Waals surface area contributed by atoms with Crippen molar-refractivity contribution in [2.75, 3.05) is 13.4 Å². The van der Waals surface area contributed by atoms with E-state index in [2.05, 4.69) is 4.98 Å². The Kier molecular flexibility index (Phi) is 4.95. The van der Waals surface area contributed by atoms with Crippen LogP contribution in [0.25, 0.3) is 11.1 Å². The molecule has 2 rings (SSSR count). The summed E-state index contributed by atoms with van der Waals surface area (Å²) in [5.41, 5.74) is 1.68. The van der Waals surface area contributed by atoms with Crippen molar-refractivity contribution in [3.63, 3.8) is 0 Å². The zero-order valence-corrected chi connectivity index (χ0v) is 13.8. The number of pyridine rings is 1. The fourth-order valence-corrected chi connectivity index (χ4v) is 3.18. The van der Waals surface area contributed by atoms with Crippen LogP contribution in [-0.2, 0) is 11.2 Å². The molecule has 2 aromatic rings. The molecule has 0 aliphatic rings. The summed E-state index contributed by atoms with van der Waals surface area (Å²) in [5, 5.41) is 9.63. The Hall–Kier alpha value is -1.76. The summed E-state index contributed by atoms with van der Waals surface area (Å²) in [5.74, 6) is -0.688. The van der Waals surface area contributed by atoms with Crippen LogP contribution in [0.3, 0.4) is 0 Å². The van der Waals surface area contributed by atoms with E-state index in [1.807, 2.05) is 0 Å². The maximum atomic E-state index is 11.7. The number of aromatic carboxylic acids is 1. The Morgan fingerprint density at radius 3 is 2.59 bits per heavy atom. The van der Waals surface area contributed by atoms with Gasteiger partial charge in [-0.3, -0.25) is 4.98 Å². The van der Waals surface area contributed by atoms with Crippen molar-refractivity contribution in [2.24, 2.45) is 0 Å². The highest BCUT2D eigenvalue weighted by atomic mass is 35.5. The molecule has 0 spiro atoms. The average Bonchev–Trinajstić information content (AvgIpc) is 2.46. The van der Waals surface area contributed by atoms with Gasteiger partial charge in [0.15, 0.2) is 4.90 Å². The number of ether oxygens (including phenoxy) is 1. The normalized spacial score (nSPS) is 12.0. The average molecular weight is 340 g/mol. The fourth-order valence-electron chi connectivity index (χ4n) is 2.09. The van der Waals surface area contributed by atoms with E-state index in [1.165, 1.54) is 19.6 Å². The molecule has 0 bridgehead atoms. The summed E-state index contributed by atoms with van der Waals surface area (Å²) in [6.07, 6.45) is 2.81. The lowest BCUT2D eigenvalue weighted by atomic mass is 9.99. The molecule has 116 valence electrons. The summed E-state index contributed by atoms with van der Waals surface area (Å²) in [4.78, 5) is 15.8. The van der Waals surface area contributed by atoms with E-state index >= 15 is 0 Å². The van der Waals surface area contributed by atoms with Crippen LogP contribution in [-0.4, -0.2) is 34.0 Å². The van der Waals surface area contributed by atoms with Crippen LogP contribution in [0.4, 0.5) is 0 Å². The number of hydrogen-bond donors (Lipinski definition) is 1. The summed E-state index contributed by atoms with van der Waals surface area (Å²) in [7, 11) is 1.46. The Balaban J connectivity index is 2.75. The molecular weight excluding hydrogens is 326 g/mol. The van der Waals surface area contributed by atoms with Crippen LogP contribution in [0.2, 0.25) is 5.02 Å². The smallest absolute Gasteiger partial charge is 0.337 e. The molecule has 0 aliphatic heterocycles. The molecule has 1 unspecified atom stereocenters. The minimum absolute atomic E-state index is 0.0466. The number of carbonyl (C=O) groups is 1. The third kappa shape index (κ3) is 3.19. The van der Waals surface area contributed by atoms with E-state index in [0.29, 0.717) is 32.5 Å². The number of carboxylic acid groups (broad SMARTS) is 1. The van der Waals surface area contributed by atoms with Crippen molar-refractivity contribution < 1.29 is 19.2 Å². The number of halogens is 1. The van der Waals surface area contributed by atoms with E-state index in [1.54, 1.807) is 25.1 Å². The van der Waals surface area contributed by atoms with Crippen molar-refractivity contribution in [3.8, 4) is 16.9 Å². The minimum Gasteiger partial charge on any atom is -0.612 e. The summed E-state index contributed by atoms with van der Waals surface area (Å²) < 4.78 is 17.0. The molecule has 0 saturated carbocycles. The molecule has 0 amide bonds. The summed E-state index contributed by atoms with van der Waals surface area (Å²) >= 11 is 4.89. The number of aryl methyl sites for hydroxylation is 1. The Morgan fingerprint density at radius 1 is 1.36 bits per heavy atom. The zero-order valence-electron chi connectivity index (χ0n) is 12.2. The van der Waals surface area contributed by atoms with E-state index in [4.69, 9.17) is 16.3 Å². The second kappa shape index (κ2) is 6.56. The van der Waals surface area contributed by atoms with Gasteiger partial charge in [0.05, 0.1) is 17.7 Å². The fraction of sp³-hybridized carbons (Fsp3) is 0.200. The molecule has 22 heavy (non-hydrogen) atoms. The van der Waals surface area contributed by atoms with Crippen LogP contribution in [0.5, 0.6) is 5.75 Å². The van der Waals surface area contributed by atoms with Crippen molar-refractivity contribution in [3.05, 3.63) is 40.7 Å². The number of rotatable bonds is 4. The highest BCUT2D eigenvalue weighted by Crippen LogP contribution is 2.38. The number of benzene rings is 1. The summed E-state index contributed by atoms with van der Waals surface area (Å²) in [6.45, 7) is 1.76. The van der Waals surface area contributed by atoms with Crippen LogP contribution in [0.1, 0.15) is 16.1 Å². The maximum Gasteiger partial charge on any atom is 0.337 e. The van der Waals surface area contributed by atoms with Crippen molar-refractivity contribution in [1.82, 2.24) is 4.98 Å². The molecule has 1 aromatic heterocycles. The minimum atomic E-state index is -1.28. The third-order valence-electron chi connectivity index (χ3n) is 3.12. The quantitative estimate of drug-likeness (QED) is 0.865. The van der Waals surface area contributed by atoms with Gasteiger partial charge in [-0.2, -0.15) is 0 Å². The number of aromatic nitrogens is 1. The van der Waals surface area contributed by atoms with Gasteiger partial charge >= 0.3 is 5.97 Å². The van der Waals surface area contributed by atoms with E-state index < -0.39 is 17.1 Å². The topological polar surface area (TPSA) is 82.5 Å². The molecule has 1 atom stereocenters. The molecule has 5 nitrogen and oxygen atoms in total. The third-order valence-corrected chi connectivity index (χ3v) is 4.51. The Bertz CT molecular complexity index is 734. The highest BCUT2D eigenvalue weighted by molar-refractivity contribution is 7.90. The van der Waals surface area contributed by atoms with Gasteiger partial charge in [0.25, 0.3) is 0 Å². The number of methoxy groups -OCH3 is 1. The van der Waals surface area contributed by atoms with Crippen LogP contribution < -0.4 is 4.74 Å². The van der Waals surface area contributed by atoms with Gasteiger partial charge in [-0.05, 0) is 30.2 Å². The first-order chi connectivity index (χ1) is 10.3. The van der Waals surface area contributed by atoms with E-state index in [0.717, 1.165) is 0 Å². The molecule has 0 saturated heterocycles. The predicted octanol–water partition coefficient (Wildman–Crippen LogP) is 3.15. The van der Waals surface area contributed by atoms with Crippen molar-refractivity contribution in [1.29, 1.82) is 0 Å². The second-order valence-electron chi connectivity index (χ2n) is 4.61. The van der Waals surface area contributed by atoms with Crippen LogP contribution in [0, 0.1) is 6.92 Å². The van der Waals surface area contributed by atoms with Gasteiger partial charge < -0.3 is 14.4 Å². The molecule has 0 radical (unpaired) electrons. The molecule has 7 heteroatoms. The largest absolute Gasteiger partial charge is 0.612 e. The lowest BCUT2D eigenvalue weighted by Crippen LogP contribution is -2.04. The monoisotopic (exact) mass is 339 g/mol. The van der Waals surface area contributed by atoms with Gasteiger partial charge in [-0.15, -0.1) is 0 Å². The number of nitrogens with zero attached hydrogens (tertiary/aromatic N) is 1. The Labute approximate surface area is 136 Å². The van der Waals surface area contributed by atoms with Gasteiger partial charge in [0.1, 0.15) is 12.0 Å². The Morgan fingerprint density at radius 2 is 2.05 bits per heavy atom. The SMILES string of the molecule is COc1cc([S+](C)[O-])c(Cl)cc1-c1cc(C)ncc1C(=O)O. The highest BCUT2D eigenvalue weighted by Gasteiger charge is 2.21. The van der Waals surface area contributed by atoms with Gasteiger partial charge in [0, 0.05) is 29.1 Å². The standard InChI is InChI=1S/C15H14ClNO4S/c1-8-4-9(11(7-17-8)15(18)19)10-5-12(16)14(22(3)20)6-13(10)21-2/h4-7H,1-3H3,(H,18,19). The first kappa shape index (κ1) is 16.6. The van der Waals surface area contributed by atoms with Crippen LogP contribution >= 0.6 is 11.6 Å². The van der Waals surface area contributed by atoms with Crippen molar-refractivity contribution >= 4 is 28.7 Å². The first-order valence-electron chi connectivity index (χ1n) is 6.26.